The van der Waals surface area contributed by atoms with Gasteiger partial charge in [0.05, 0.1) is 0 Å². The third-order valence-corrected chi connectivity index (χ3v) is 3.83. The summed E-state index contributed by atoms with van der Waals surface area (Å²) in [4.78, 5) is 18.2. The normalized spacial score (nSPS) is 13.0. The van der Waals surface area contributed by atoms with Gasteiger partial charge in [-0.3, -0.25) is 9.79 Å². The number of rotatable bonds is 12. The van der Waals surface area contributed by atoms with Crippen molar-refractivity contribution in [3.05, 3.63) is 0 Å². The van der Waals surface area contributed by atoms with Crippen LogP contribution >= 0.6 is 0 Å². The molecule has 0 aromatic heterocycles. The van der Waals surface area contributed by atoms with Gasteiger partial charge in [-0.05, 0) is 45.8 Å². The fourth-order valence-electron chi connectivity index (χ4n) is 2.31. The molecule has 1 unspecified atom stereocenters. The van der Waals surface area contributed by atoms with Crippen LogP contribution in [0.15, 0.2) is 4.99 Å². The van der Waals surface area contributed by atoms with E-state index >= 15 is 0 Å². The van der Waals surface area contributed by atoms with E-state index in [9.17, 15) is 4.79 Å². The Bertz CT molecular complexity index is 329. The minimum absolute atomic E-state index is 0.0853. The van der Waals surface area contributed by atoms with Crippen molar-refractivity contribution in [2.75, 3.05) is 39.8 Å². The van der Waals surface area contributed by atoms with Crippen LogP contribution in [0, 0.1) is 0 Å². The van der Waals surface area contributed by atoms with Crippen LogP contribution in [0.3, 0.4) is 0 Å². The van der Waals surface area contributed by atoms with Crippen molar-refractivity contribution in [1.82, 2.24) is 20.9 Å². The summed E-state index contributed by atoms with van der Waals surface area (Å²) in [7, 11) is 1.76. The molecule has 0 rings (SSSR count). The lowest BCUT2D eigenvalue weighted by Gasteiger charge is -2.21. The van der Waals surface area contributed by atoms with Crippen molar-refractivity contribution in [3.8, 4) is 0 Å². The summed E-state index contributed by atoms with van der Waals surface area (Å²) in [5.74, 6) is 0.853. The van der Waals surface area contributed by atoms with Crippen molar-refractivity contribution >= 4 is 11.9 Å². The van der Waals surface area contributed by atoms with Gasteiger partial charge in [-0.25, -0.2) is 0 Å². The Morgan fingerprint density at radius 2 is 1.83 bits per heavy atom. The highest BCUT2D eigenvalue weighted by Gasteiger charge is 2.07. The molecule has 0 aliphatic carbocycles. The van der Waals surface area contributed by atoms with E-state index in [-0.39, 0.29) is 5.91 Å². The van der Waals surface area contributed by atoms with Gasteiger partial charge in [-0.15, -0.1) is 0 Å². The van der Waals surface area contributed by atoms with Crippen LogP contribution in [0.2, 0.25) is 0 Å². The van der Waals surface area contributed by atoms with Gasteiger partial charge >= 0.3 is 0 Å². The van der Waals surface area contributed by atoms with Crippen LogP contribution in [0.4, 0.5) is 0 Å². The van der Waals surface area contributed by atoms with Gasteiger partial charge in [0.1, 0.15) is 0 Å². The third kappa shape index (κ3) is 11.9. The second-order valence-corrected chi connectivity index (χ2v) is 5.81. The molecule has 3 N–H and O–H groups in total. The lowest BCUT2D eigenvalue weighted by atomic mass is 10.2. The molecule has 0 aromatic rings. The first-order valence-electron chi connectivity index (χ1n) is 9.03. The van der Waals surface area contributed by atoms with Crippen LogP contribution in [-0.2, 0) is 4.79 Å². The average molecular weight is 328 g/mol. The first-order valence-corrected chi connectivity index (χ1v) is 9.03. The zero-order valence-electron chi connectivity index (χ0n) is 15.7. The van der Waals surface area contributed by atoms with Gasteiger partial charge in [-0.2, -0.15) is 0 Å². The molecular weight excluding hydrogens is 290 g/mol. The van der Waals surface area contributed by atoms with E-state index in [1.54, 1.807) is 7.05 Å². The fourth-order valence-corrected chi connectivity index (χ4v) is 2.31. The number of nitrogens with one attached hydrogen (secondary N) is 3. The zero-order chi connectivity index (χ0) is 17.5. The van der Waals surface area contributed by atoms with Gasteiger partial charge in [0.25, 0.3) is 0 Å². The van der Waals surface area contributed by atoms with E-state index in [2.05, 4.69) is 46.6 Å². The molecule has 1 atom stereocenters. The van der Waals surface area contributed by atoms with Gasteiger partial charge < -0.3 is 20.9 Å². The van der Waals surface area contributed by atoms with Gasteiger partial charge in [0.15, 0.2) is 5.96 Å². The molecule has 1 amide bonds. The van der Waals surface area contributed by atoms with Crippen molar-refractivity contribution in [1.29, 1.82) is 0 Å². The predicted molar refractivity (Wildman–Crippen MR) is 98.9 cm³/mol. The molecular formula is C17H37N5O. The van der Waals surface area contributed by atoms with Gasteiger partial charge in [0.2, 0.25) is 5.91 Å². The average Bonchev–Trinajstić information content (AvgIpc) is 2.55. The molecule has 0 aliphatic heterocycles. The Hall–Kier alpha value is -1.30. The van der Waals surface area contributed by atoms with E-state index in [4.69, 9.17) is 0 Å². The quantitative estimate of drug-likeness (QED) is 0.376. The second kappa shape index (κ2) is 14.3. The highest BCUT2D eigenvalue weighted by Crippen LogP contribution is 1.99. The molecule has 0 aromatic carbocycles. The van der Waals surface area contributed by atoms with E-state index in [1.165, 1.54) is 6.42 Å². The monoisotopic (exact) mass is 327 g/mol. The molecule has 0 aliphatic rings. The van der Waals surface area contributed by atoms with Crippen LogP contribution < -0.4 is 16.0 Å². The van der Waals surface area contributed by atoms with Crippen molar-refractivity contribution in [2.24, 2.45) is 4.99 Å². The minimum atomic E-state index is 0.0853. The number of aliphatic imine (C=N–C) groups is 1. The Kier molecular flexibility index (Phi) is 13.5. The fraction of sp³-hybridized carbons (Fsp3) is 0.882. The molecule has 0 spiro atoms. The third-order valence-electron chi connectivity index (χ3n) is 3.83. The molecule has 23 heavy (non-hydrogen) atoms. The summed E-state index contributed by atoms with van der Waals surface area (Å²) in [6, 6.07) is 0.366. The number of nitrogens with zero attached hydrogens (tertiary/aromatic N) is 2. The summed E-state index contributed by atoms with van der Waals surface area (Å²) in [5.41, 5.74) is 0. The van der Waals surface area contributed by atoms with E-state index in [1.807, 2.05) is 6.92 Å². The topological polar surface area (TPSA) is 68.8 Å². The standard InChI is InChI=1S/C17H37N5O/c1-6-12-19-16(23)11-13-20-17(18-5)21-15(4)10-9-14-22(7-2)8-3/h15H,6-14H2,1-5H3,(H,19,23)(H2,18,20,21). The number of carbonyl (C=O) groups is 1. The number of guanidine groups is 1. The molecule has 0 saturated carbocycles. The largest absolute Gasteiger partial charge is 0.356 e. The minimum Gasteiger partial charge on any atom is -0.356 e. The van der Waals surface area contributed by atoms with Crippen LogP contribution in [0.25, 0.3) is 0 Å². The predicted octanol–water partition coefficient (Wildman–Crippen LogP) is 1.58. The lowest BCUT2D eigenvalue weighted by molar-refractivity contribution is -0.120. The number of hydrogen-bond donors (Lipinski definition) is 3. The van der Waals surface area contributed by atoms with Crippen LogP contribution in [-0.4, -0.2) is 62.6 Å². The van der Waals surface area contributed by atoms with Gasteiger partial charge in [-0.1, -0.05) is 20.8 Å². The molecule has 6 nitrogen and oxygen atoms in total. The van der Waals surface area contributed by atoms with Crippen LogP contribution in [0.1, 0.15) is 53.4 Å². The van der Waals surface area contributed by atoms with E-state index in [0.717, 1.165) is 45.0 Å². The summed E-state index contributed by atoms with van der Waals surface area (Å²) in [5, 5.41) is 9.45. The number of hydrogen-bond acceptors (Lipinski definition) is 3. The Morgan fingerprint density at radius 3 is 2.39 bits per heavy atom. The van der Waals surface area contributed by atoms with Crippen molar-refractivity contribution in [2.45, 2.75) is 59.4 Å². The van der Waals surface area contributed by atoms with Crippen molar-refractivity contribution < 1.29 is 4.79 Å². The SMILES string of the molecule is CCCNC(=O)CCNC(=NC)NC(C)CCCN(CC)CC. The maximum atomic E-state index is 11.5. The Morgan fingerprint density at radius 1 is 1.13 bits per heavy atom. The summed E-state index contributed by atoms with van der Waals surface area (Å²) < 4.78 is 0. The summed E-state index contributed by atoms with van der Waals surface area (Å²) >= 11 is 0. The molecule has 0 heterocycles. The van der Waals surface area contributed by atoms with E-state index in [0.29, 0.717) is 19.0 Å². The molecule has 0 saturated heterocycles. The molecule has 0 radical (unpaired) electrons. The first-order chi connectivity index (χ1) is 11.1. The highest BCUT2D eigenvalue weighted by atomic mass is 16.1. The number of amides is 1. The smallest absolute Gasteiger partial charge is 0.221 e. The molecule has 0 fully saturated rings. The first kappa shape index (κ1) is 21.7. The molecule has 136 valence electrons. The number of carbonyl (C=O) groups excluding carboxylic acids is 1. The second-order valence-electron chi connectivity index (χ2n) is 5.81. The Labute approximate surface area is 142 Å². The maximum absolute atomic E-state index is 11.5. The summed E-state index contributed by atoms with van der Waals surface area (Å²) in [6.07, 6.45) is 3.71. The lowest BCUT2D eigenvalue weighted by Crippen LogP contribution is -2.43. The van der Waals surface area contributed by atoms with Crippen molar-refractivity contribution in [3.63, 3.8) is 0 Å². The Balaban J connectivity index is 3.88. The maximum Gasteiger partial charge on any atom is 0.221 e. The summed E-state index contributed by atoms with van der Waals surface area (Å²) in [6.45, 7) is 13.3. The molecule has 0 bridgehead atoms. The highest BCUT2D eigenvalue weighted by molar-refractivity contribution is 5.81. The zero-order valence-corrected chi connectivity index (χ0v) is 15.7. The van der Waals surface area contributed by atoms with Crippen LogP contribution in [0.5, 0.6) is 0 Å². The molecule has 6 heteroatoms. The van der Waals surface area contributed by atoms with E-state index < -0.39 is 0 Å². The van der Waals surface area contributed by atoms with Gasteiger partial charge in [0, 0.05) is 32.6 Å².